The molecule has 0 saturated carbocycles. The molecular weight excluding hydrogens is 365 g/mol. The minimum atomic E-state index is 0. The maximum atomic E-state index is 3.15. The smallest absolute Gasteiger partial charge is 1.00 e. The monoisotopic (exact) mass is 392 g/mol. The van der Waals surface area contributed by atoms with Gasteiger partial charge in [-0.25, -0.2) is 6.08 Å². The zero-order chi connectivity index (χ0) is 13.6. The van der Waals surface area contributed by atoms with Crippen LogP contribution in [0.2, 0.25) is 0 Å². The number of nitrogens with zero attached hydrogens (tertiary/aromatic N) is 1. The molecule has 0 fully saturated rings. The first-order valence-corrected chi connectivity index (χ1v) is 6.41. The van der Waals surface area contributed by atoms with E-state index in [1.165, 1.54) is 11.1 Å². The van der Waals surface area contributed by atoms with Crippen molar-refractivity contribution in [1.29, 1.82) is 0 Å². The number of hydrogen-bond acceptors (Lipinski definition) is 1. The van der Waals surface area contributed by atoms with E-state index in [0.29, 0.717) is 5.54 Å². The van der Waals surface area contributed by atoms with Crippen LogP contribution in [0.25, 0.3) is 5.57 Å². The van der Waals surface area contributed by atoms with Crippen molar-refractivity contribution in [3.63, 3.8) is 0 Å². The summed E-state index contributed by atoms with van der Waals surface area (Å²) in [5.74, 6) is 0. The van der Waals surface area contributed by atoms with Crippen LogP contribution in [0.5, 0.6) is 0 Å². The summed E-state index contributed by atoms with van der Waals surface area (Å²) >= 11 is 0. The molecule has 0 saturated heterocycles. The summed E-state index contributed by atoms with van der Waals surface area (Å²) in [6.07, 6.45) is 8.36. The van der Waals surface area contributed by atoms with Crippen LogP contribution >= 0.6 is 0 Å². The predicted octanol–water partition coefficient (Wildman–Crippen LogP) is -3.27. The van der Waals surface area contributed by atoms with E-state index in [0.717, 1.165) is 6.42 Å². The molecule has 1 aromatic carbocycles. The van der Waals surface area contributed by atoms with Gasteiger partial charge in [-0.15, -0.1) is 12.0 Å². The first kappa shape index (κ1) is 30.1. The quantitative estimate of drug-likeness (QED) is 0.358. The molecule has 22 heavy (non-hydrogen) atoms. The Morgan fingerprint density at radius 1 is 1.00 bits per heavy atom. The average molecular weight is 393 g/mol. The molecule has 0 spiro atoms. The fourth-order valence-electron chi connectivity index (χ4n) is 1.23. The van der Waals surface area contributed by atoms with Gasteiger partial charge >= 0.3 is 21.7 Å². The van der Waals surface area contributed by atoms with Crippen molar-refractivity contribution in [2.75, 3.05) is 14.1 Å². The van der Waals surface area contributed by atoms with Gasteiger partial charge in [-0.2, -0.15) is 11.6 Å². The van der Waals surface area contributed by atoms with Gasteiger partial charge in [0.2, 0.25) is 0 Å². The zero-order valence-electron chi connectivity index (χ0n) is 13.5. The Kier molecular flexibility index (Phi) is 20.2. The maximum absolute atomic E-state index is 3.15. The van der Waals surface area contributed by atoms with Crippen LogP contribution < -0.4 is 24.8 Å². The van der Waals surface area contributed by atoms with E-state index in [1.54, 1.807) is 0 Å². The summed E-state index contributed by atoms with van der Waals surface area (Å²) in [4.78, 5) is 2.19. The largest absolute Gasteiger partial charge is 4.00 e. The number of halogens is 2. The second kappa shape index (κ2) is 14.7. The molecule has 0 heterocycles. The summed E-state index contributed by atoms with van der Waals surface area (Å²) in [5.41, 5.74) is 2.92. The summed E-state index contributed by atoms with van der Waals surface area (Å²) in [7, 11) is 4.17. The molecule has 0 aromatic heterocycles. The molecule has 1 aliphatic carbocycles. The van der Waals surface area contributed by atoms with Crippen molar-refractivity contribution in [2.24, 2.45) is 0 Å². The van der Waals surface area contributed by atoms with E-state index in [1.807, 2.05) is 6.07 Å². The molecule has 0 unspecified atom stereocenters. The van der Waals surface area contributed by atoms with E-state index in [2.05, 4.69) is 82.3 Å². The summed E-state index contributed by atoms with van der Waals surface area (Å²) < 4.78 is 0. The molecule has 1 aromatic rings. The van der Waals surface area contributed by atoms with Crippen molar-refractivity contribution >= 4 is 16.5 Å². The van der Waals surface area contributed by atoms with E-state index in [4.69, 9.17) is 0 Å². The van der Waals surface area contributed by atoms with Gasteiger partial charge in [0.25, 0.3) is 0 Å². The minimum absolute atomic E-state index is 0. The standard InChI is InChI=1S/C11H9.C6H15N.2ClH.H4Si.Ti/c1-2-6-10(7-3-1)11-8-4-5-9-11;1-6(2,3)7(4)5;;;;/h1-3,6-9H,4H2;1-5H3;2*1H;1H4;/q-1;;;;;+4/p-2. The van der Waals surface area contributed by atoms with Crippen LogP contribution in [0.4, 0.5) is 0 Å². The van der Waals surface area contributed by atoms with Gasteiger partial charge in [-0.05, 0) is 45.8 Å². The van der Waals surface area contributed by atoms with Crippen molar-refractivity contribution < 1.29 is 46.5 Å². The van der Waals surface area contributed by atoms with Gasteiger partial charge in [-0.1, -0.05) is 30.3 Å². The first-order chi connectivity index (χ1) is 8.41. The summed E-state index contributed by atoms with van der Waals surface area (Å²) in [5, 5.41) is 0. The van der Waals surface area contributed by atoms with Crippen molar-refractivity contribution in [3.8, 4) is 0 Å². The fourth-order valence-corrected chi connectivity index (χ4v) is 1.23. The molecule has 0 radical (unpaired) electrons. The van der Waals surface area contributed by atoms with Gasteiger partial charge in [0.15, 0.2) is 0 Å². The Labute approximate surface area is 168 Å². The van der Waals surface area contributed by atoms with Gasteiger partial charge in [-0.3, -0.25) is 6.08 Å². The second-order valence-electron chi connectivity index (χ2n) is 5.64. The Morgan fingerprint density at radius 3 is 1.77 bits per heavy atom. The van der Waals surface area contributed by atoms with Crippen LogP contribution in [0, 0.1) is 6.08 Å². The molecule has 5 heteroatoms. The first-order valence-electron chi connectivity index (χ1n) is 6.41. The van der Waals surface area contributed by atoms with Gasteiger partial charge in [0.1, 0.15) is 0 Å². The molecule has 0 atom stereocenters. The van der Waals surface area contributed by atoms with Gasteiger partial charge in [0.05, 0.1) is 0 Å². The molecule has 0 N–H and O–H groups in total. The Bertz CT molecular complexity index is 426. The second-order valence-corrected chi connectivity index (χ2v) is 5.64. The summed E-state index contributed by atoms with van der Waals surface area (Å²) in [6.45, 7) is 6.56. The number of hydrogen-bond donors (Lipinski definition) is 0. The van der Waals surface area contributed by atoms with Crippen molar-refractivity contribution in [1.82, 2.24) is 4.90 Å². The normalized spacial score (nSPS) is 11.6. The predicted molar refractivity (Wildman–Crippen MR) is 91.6 cm³/mol. The SMILES string of the molecule is CN(C)C(C)(C)C.[C-]1=CC(c2ccccc2)=CC1.[Cl-].[Cl-].[SiH4].[Ti+4]. The maximum Gasteiger partial charge on any atom is 4.00 e. The zero-order valence-corrected chi connectivity index (χ0v) is 16.5. The van der Waals surface area contributed by atoms with Crippen LogP contribution in [0.15, 0.2) is 42.5 Å². The van der Waals surface area contributed by atoms with E-state index in [9.17, 15) is 0 Å². The van der Waals surface area contributed by atoms with Crippen LogP contribution in [-0.2, 0) is 21.7 Å². The molecule has 1 aliphatic rings. The van der Waals surface area contributed by atoms with E-state index < -0.39 is 0 Å². The van der Waals surface area contributed by atoms with Crippen LogP contribution in [0.1, 0.15) is 32.8 Å². The molecule has 122 valence electrons. The number of allylic oxidation sites excluding steroid dienone is 4. The van der Waals surface area contributed by atoms with Crippen LogP contribution in [-0.4, -0.2) is 35.5 Å². The van der Waals surface area contributed by atoms with Crippen molar-refractivity contribution in [2.45, 2.75) is 32.7 Å². The molecule has 1 nitrogen and oxygen atoms in total. The molecule has 2 rings (SSSR count). The van der Waals surface area contributed by atoms with E-state index >= 15 is 0 Å². The Morgan fingerprint density at radius 2 is 1.45 bits per heavy atom. The number of rotatable bonds is 1. The third kappa shape index (κ3) is 11.7. The number of benzene rings is 1. The third-order valence-corrected chi connectivity index (χ3v) is 3.15. The topological polar surface area (TPSA) is 3.24 Å². The fraction of sp³-hybridized carbons (Fsp3) is 0.412. The van der Waals surface area contributed by atoms with Crippen molar-refractivity contribution in [3.05, 3.63) is 54.1 Å². The summed E-state index contributed by atoms with van der Waals surface area (Å²) in [6, 6.07) is 10.4. The van der Waals surface area contributed by atoms with Crippen LogP contribution in [0.3, 0.4) is 0 Å². The Hall–Kier alpha value is 0.171. The minimum Gasteiger partial charge on any atom is -1.00 e. The molecular formula is C17H28Cl2NSiTi+. The van der Waals surface area contributed by atoms with E-state index in [-0.39, 0.29) is 57.5 Å². The Balaban J connectivity index is -0.000000134. The molecule has 0 aliphatic heterocycles. The van der Waals surface area contributed by atoms with Gasteiger partial charge < -0.3 is 29.7 Å². The average Bonchev–Trinajstić information content (AvgIpc) is 2.83. The third-order valence-electron chi connectivity index (χ3n) is 3.15. The van der Waals surface area contributed by atoms with Gasteiger partial charge in [0, 0.05) is 5.54 Å². The molecule has 0 bridgehead atoms. The molecule has 0 amide bonds.